The SMILES string of the molecule is CC(C)(C)c1cn(C(=O)NCCCOc2ccccc2)cn1. The van der Waals surface area contributed by atoms with E-state index in [1.165, 1.54) is 4.57 Å². The van der Waals surface area contributed by atoms with E-state index in [0.717, 1.165) is 17.9 Å². The van der Waals surface area contributed by atoms with Gasteiger partial charge in [-0.05, 0) is 18.6 Å². The first kappa shape index (κ1) is 16.1. The van der Waals surface area contributed by atoms with Crippen LogP contribution in [0.3, 0.4) is 0 Å². The number of carbonyl (C=O) groups excluding carboxylic acids is 1. The highest BCUT2D eigenvalue weighted by molar-refractivity contribution is 5.76. The van der Waals surface area contributed by atoms with Gasteiger partial charge in [0.1, 0.15) is 12.1 Å². The Morgan fingerprint density at radius 2 is 2.00 bits per heavy atom. The van der Waals surface area contributed by atoms with Crippen LogP contribution < -0.4 is 10.1 Å². The largest absolute Gasteiger partial charge is 0.494 e. The second kappa shape index (κ2) is 7.11. The van der Waals surface area contributed by atoms with E-state index in [2.05, 4.69) is 31.1 Å². The second-order valence-electron chi connectivity index (χ2n) is 6.16. The van der Waals surface area contributed by atoms with Crippen LogP contribution in [0.2, 0.25) is 0 Å². The minimum Gasteiger partial charge on any atom is -0.494 e. The van der Waals surface area contributed by atoms with Crippen molar-refractivity contribution in [1.29, 1.82) is 0 Å². The van der Waals surface area contributed by atoms with Gasteiger partial charge in [0.25, 0.3) is 0 Å². The first-order valence-electron chi connectivity index (χ1n) is 7.47. The number of amides is 1. The molecule has 0 saturated heterocycles. The maximum atomic E-state index is 12.0. The summed E-state index contributed by atoms with van der Waals surface area (Å²) in [6, 6.07) is 9.48. The van der Waals surface area contributed by atoms with Gasteiger partial charge in [-0.15, -0.1) is 0 Å². The molecule has 0 atom stereocenters. The van der Waals surface area contributed by atoms with Crippen molar-refractivity contribution >= 4 is 6.03 Å². The van der Waals surface area contributed by atoms with Crippen molar-refractivity contribution in [3.63, 3.8) is 0 Å². The molecule has 0 aliphatic carbocycles. The molecule has 2 aromatic rings. The molecular weight excluding hydrogens is 278 g/mol. The lowest BCUT2D eigenvalue weighted by Crippen LogP contribution is -2.29. The number of ether oxygens (including phenoxy) is 1. The Bertz CT molecular complexity index is 600. The Balaban J connectivity index is 1.71. The van der Waals surface area contributed by atoms with Gasteiger partial charge >= 0.3 is 6.03 Å². The number of benzene rings is 1. The van der Waals surface area contributed by atoms with Crippen LogP contribution in [0.1, 0.15) is 32.9 Å². The highest BCUT2D eigenvalue weighted by Gasteiger charge is 2.17. The van der Waals surface area contributed by atoms with E-state index < -0.39 is 0 Å². The van der Waals surface area contributed by atoms with Crippen molar-refractivity contribution in [2.45, 2.75) is 32.6 Å². The van der Waals surface area contributed by atoms with E-state index in [1.807, 2.05) is 30.3 Å². The smallest absolute Gasteiger partial charge is 0.326 e. The molecule has 0 saturated carbocycles. The Kier molecular flexibility index (Phi) is 5.20. The predicted octanol–water partition coefficient (Wildman–Crippen LogP) is 3.21. The highest BCUT2D eigenvalue weighted by atomic mass is 16.5. The quantitative estimate of drug-likeness (QED) is 0.863. The van der Waals surface area contributed by atoms with Crippen molar-refractivity contribution in [2.24, 2.45) is 0 Å². The molecule has 118 valence electrons. The molecule has 1 N–H and O–H groups in total. The summed E-state index contributed by atoms with van der Waals surface area (Å²) < 4.78 is 7.06. The van der Waals surface area contributed by atoms with Gasteiger partial charge < -0.3 is 10.1 Å². The second-order valence-corrected chi connectivity index (χ2v) is 6.16. The average Bonchev–Trinajstić information content (AvgIpc) is 2.98. The molecule has 5 nitrogen and oxygen atoms in total. The maximum Gasteiger partial charge on any atom is 0.326 e. The zero-order chi connectivity index (χ0) is 16.0. The van der Waals surface area contributed by atoms with Crippen LogP contribution in [0.5, 0.6) is 5.75 Å². The van der Waals surface area contributed by atoms with Gasteiger partial charge in [-0.3, -0.25) is 4.57 Å². The standard InChI is InChI=1S/C17H23N3O2/c1-17(2,3)15-12-20(13-19-15)16(21)18-10-7-11-22-14-8-5-4-6-9-14/h4-6,8-9,12-13H,7,10-11H2,1-3H3,(H,18,21). The summed E-state index contributed by atoms with van der Waals surface area (Å²) in [6.45, 7) is 7.34. The third-order valence-corrected chi connectivity index (χ3v) is 3.19. The van der Waals surface area contributed by atoms with Crippen molar-refractivity contribution in [3.8, 4) is 5.75 Å². The van der Waals surface area contributed by atoms with Crippen LogP contribution in [-0.2, 0) is 5.41 Å². The lowest BCUT2D eigenvalue weighted by molar-refractivity contribution is 0.240. The van der Waals surface area contributed by atoms with E-state index in [1.54, 1.807) is 12.5 Å². The van der Waals surface area contributed by atoms with E-state index >= 15 is 0 Å². The summed E-state index contributed by atoms with van der Waals surface area (Å²) in [5, 5.41) is 2.85. The molecule has 1 amide bonds. The fraction of sp³-hybridized carbons (Fsp3) is 0.412. The fourth-order valence-corrected chi connectivity index (χ4v) is 1.89. The molecule has 1 aromatic carbocycles. The van der Waals surface area contributed by atoms with Crippen LogP contribution in [0.4, 0.5) is 4.79 Å². The molecule has 1 heterocycles. The first-order chi connectivity index (χ1) is 10.5. The lowest BCUT2D eigenvalue weighted by Gasteiger charge is -2.14. The average molecular weight is 301 g/mol. The van der Waals surface area contributed by atoms with Crippen LogP contribution >= 0.6 is 0 Å². The number of hydrogen-bond donors (Lipinski definition) is 1. The molecule has 0 fully saturated rings. The Morgan fingerprint density at radius 1 is 1.27 bits per heavy atom. The summed E-state index contributed by atoms with van der Waals surface area (Å²) in [6.07, 6.45) is 4.08. The molecule has 0 bridgehead atoms. The summed E-state index contributed by atoms with van der Waals surface area (Å²) in [7, 11) is 0. The molecule has 2 rings (SSSR count). The van der Waals surface area contributed by atoms with Gasteiger partial charge in [-0.1, -0.05) is 39.0 Å². The molecule has 0 aliphatic heterocycles. The molecular formula is C17H23N3O2. The van der Waals surface area contributed by atoms with Crippen LogP contribution in [0, 0.1) is 0 Å². The number of rotatable bonds is 5. The minimum absolute atomic E-state index is 0.0605. The summed E-state index contributed by atoms with van der Waals surface area (Å²) in [4.78, 5) is 16.3. The Labute approximate surface area is 131 Å². The Morgan fingerprint density at radius 3 is 2.64 bits per heavy atom. The molecule has 22 heavy (non-hydrogen) atoms. The minimum atomic E-state index is -0.164. The summed E-state index contributed by atoms with van der Waals surface area (Å²) in [5.41, 5.74) is 0.838. The number of nitrogens with zero attached hydrogens (tertiary/aromatic N) is 2. The fourth-order valence-electron chi connectivity index (χ4n) is 1.89. The number of imidazole rings is 1. The first-order valence-corrected chi connectivity index (χ1v) is 7.47. The van der Waals surface area contributed by atoms with Gasteiger partial charge in [0, 0.05) is 18.2 Å². The van der Waals surface area contributed by atoms with E-state index in [9.17, 15) is 4.79 Å². The molecule has 5 heteroatoms. The van der Waals surface area contributed by atoms with Gasteiger partial charge in [0.05, 0.1) is 12.3 Å². The van der Waals surface area contributed by atoms with Gasteiger partial charge in [0.2, 0.25) is 0 Å². The van der Waals surface area contributed by atoms with Crippen LogP contribution in [0.15, 0.2) is 42.9 Å². The number of carbonyl (C=O) groups is 1. The van der Waals surface area contributed by atoms with Crippen molar-refractivity contribution in [3.05, 3.63) is 48.5 Å². The summed E-state index contributed by atoms with van der Waals surface area (Å²) >= 11 is 0. The van der Waals surface area contributed by atoms with Crippen LogP contribution in [0.25, 0.3) is 0 Å². The third-order valence-electron chi connectivity index (χ3n) is 3.19. The molecule has 0 spiro atoms. The third kappa shape index (κ3) is 4.62. The van der Waals surface area contributed by atoms with Gasteiger partial charge in [-0.2, -0.15) is 0 Å². The van der Waals surface area contributed by atoms with E-state index in [4.69, 9.17) is 4.74 Å². The molecule has 0 unspecified atom stereocenters. The lowest BCUT2D eigenvalue weighted by atomic mass is 9.93. The highest BCUT2D eigenvalue weighted by Crippen LogP contribution is 2.19. The zero-order valence-corrected chi connectivity index (χ0v) is 13.4. The maximum absolute atomic E-state index is 12.0. The molecule has 0 aliphatic rings. The number of para-hydroxylation sites is 1. The number of hydrogen-bond acceptors (Lipinski definition) is 3. The normalized spacial score (nSPS) is 11.2. The topological polar surface area (TPSA) is 56.2 Å². The van der Waals surface area contributed by atoms with E-state index in [0.29, 0.717) is 13.2 Å². The predicted molar refractivity (Wildman–Crippen MR) is 86.3 cm³/mol. The number of aromatic nitrogens is 2. The monoisotopic (exact) mass is 301 g/mol. The van der Waals surface area contributed by atoms with E-state index in [-0.39, 0.29) is 11.4 Å². The van der Waals surface area contributed by atoms with Gasteiger partial charge in [-0.25, -0.2) is 9.78 Å². The van der Waals surface area contributed by atoms with Gasteiger partial charge in [0.15, 0.2) is 0 Å². The van der Waals surface area contributed by atoms with Crippen molar-refractivity contribution < 1.29 is 9.53 Å². The Hall–Kier alpha value is -2.30. The van der Waals surface area contributed by atoms with Crippen LogP contribution in [-0.4, -0.2) is 28.7 Å². The zero-order valence-electron chi connectivity index (χ0n) is 13.4. The van der Waals surface area contributed by atoms with Crippen molar-refractivity contribution in [1.82, 2.24) is 14.9 Å². The molecule has 0 radical (unpaired) electrons. The number of nitrogens with one attached hydrogen (secondary N) is 1. The van der Waals surface area contributed by atoms with Crippen molar-refractivity contribution in [2.75, 3.05) is 13.2 Å². The molecule has 1 aromatic heterocycles. The summed E-state index contributed by atoms with van der Waals surface area (Å²) in [5.74, 6) is 0.846.